The number of hydrogen-bond donors (Lipinski definition) is 3. The van der Waals surface area contributed by atoms with E-state index in [0.717, 1.165) is 13.8 Å². The van der Waals surface area contributed by atoms with Crippen LogP contribution in [-0.4, -0.2) is 48.5 Å². The predicted octanol–water partition coefficient (Wildman–Crippen LogP) is 12.0. The first kappa shape index (κ1) is 47.0. The number of benzene rings is 4. The Balaban J connectivity index is 0.000000207. The molecule has 2 atom stereocenters. The summed E-state index contributed by atoms with van der Waals surface area (Å²) >= 11 is 0. The zero-order valence-electron chi connectivity index (χ0n) is 34.6. The van der Waals surface area contributed by atoms with Gasteiger partial charge in [0, 0.05) is 11.8 Å². The summed E-state index contributed by atoms with van der Waals surface area (Å²) < 4.78 is 154. The van der Waals surface area contributed by atoms with Crippen LogP contribution >= 0.6 is 0 Å². The van der Waals surface area contributed by atoms with E-state index in [1.165, 1.54) is 54.6 Å². The van der Waals surface area contributed by atoms with E-state index >= 15 is 0 Å². The van der Waals surface area contributed by atoms with Crippen molar-refractivity contribution in [1.29, 1.82) is 0 Å². The number of nitrogens with two attached hydrogens (primary N) is 1. The highest BCUT2D eigenvalue weighted by Gasteiger charge is 2.43. The third-order valence-electron chi connectivity index (χ3n) is 12.4. The highest BCUT2D eigenvalue weighted by Crippen LogP contribution is 2.46. The average Bonchev–Trinajstić information content (AvgIpc) is 3.55. The van der Waals surface area contributed by atoms with Crippen molar-refractivity contribution in [2.45, 2.75) is 127 Å². The summed E-state index contributed by atoms with van der Waals surface area (Å²) in [5.41, 5.74) is 3.44. The van der Waals surface area contributed by atoms with Crippen molar-refractivity contribution < 1.29 is 68.0 Å². The highest BCUT2D eigenvalue weighted by atomic mass is 19.4. The molecule has 340 valence electrons. The molecule has 0 bridgehead atoms. The number of aliphatic hydroxyl groups is 1. The molecule has 1 amide bonds. The maximum absolute atomic E-state index is 14.0. The van der Waals surface area contributed by atoms with Crippen molar-refractivity contribution in [2.24, 2.45) is 17.6 Å². The van der Waals surface area contributed by atoms with Crippen LogP contribution in [0.2, 0.25) is 0 Å². The third-order valence-corrected chi connectivity index (χ3v) is 12.4. The van der Waals surface area contributed by atoms with Gasteiger partial charge in [-0.1, -0.05) is 36.4 Å². The smallest absolute Gasteiger partial charge is 0.420 e. The third kappa shape index (κ3) is 10.5. The molecule has 62 heavy (non-hydrogen) atoms. The summed E-state index contributed by atoms with van der Waals surface area (Å²) in [6.45, 7) is 4.79. The van der Waals surface area contributed by atoms with Crippen LogP contribution in [0.25, 0.3) is 21.5 Å². The molecule has 4 aromatic carbocycles. The van der Waals surface area contributed by atoms with Gasteiger partial charge < -0.3 is 30.4 Å². The summed E-state index contributed by atoms with van der Waals surface area (Å²) in [7, 11) is 0. The normalized spacial score (nSPS) is 24.7. The second-order valence-electron chi connectivity index (χ2n) is 17.4. The number of ether oxygens (including phenoxy) is 3. The van der Waals surface area contributed by atoms with Crippen molar-refractivity contribution in [3.05, 3.63) is 82.9 Å². The second-order valence-corrected chi connectivity index (χ2v) is 17.4. The van der Waals surface area contributed by atoms with Crippen LogP contribution in [0, 0.1) is 11.8 Å². The number of carbonyl (C=O) groups is 1. The maximum Gasteiger partial charge on any atom is 0.420 e. The summed E-state index contributed by atoms with van der Waals surface area (Å²) in [5, 5.41) is 12.7. The molecule has 17 heteroatoms. The second kappa shape index (κ2) is 17.2. The lowest BCUT2D eigenvalue weighted by atomic mass is 9.83. The Labute approximate surface area is 352 Å². The van der Waals surface area contributed by atoms with E-state index in [1.807, 2.05) is 0 Å². The number of aliphatic hydroxyl groups excluding tert-OH is 1. The number of alkyl carbamates (subject to hydrolysis) is 1. The zero-order chi connectivity index (χ0) is 45.6. The SMILES string of the molecule is CC(F)(F)[C@H]1CC[C@H](Oc2ccc3cc([C@@](C)(N)CO)ccc3c2C(F)(F)F)CC1.CC(F)(F)[C@H]1CC[C@H](Oc2ccc3cc([C@]4(C)COC(=O)N4)ccc3c2C(F)(F)F)CC1. The minimum absolute atomic E-state index is 0.0265. The lowest BCUT2D eigenvalue weighted by Gasteiger charge is -2.32. The molecule has 1 aliphatic heterocycles. The molecule has 2 aliphatic carbocycles. The van der Waals surface area contributed by atoms with Crippen LogP contribution in [-0.2, 0) is 28.2 Å². The molecule has 1 saturated heterocycles. The van der Waals surface area contributed by atoms with Crippen molar-refractivity contribution >= 4 is 27.6 Å². The van der Waals surface area contributed by atoms with E-state index in [1.54, 1.807) is 19.9 Å². The van der Waals surface area contributed by atoms with Gasteiger partial charge in [0.15, 0.2) is 0 Å². The number of hydrogen-bond acceptors (Lipinski definition) is 6. The molecular weight excluding hydrogens is 838 g/mol. The molecule has 1 heterocycles. The number of amides is 1. The predicted molar refractivity (Wildman–Crippen MR) is 212 cm³/mol. The Morgan fingerprint density at radius 2 is 1.11 bits per heavy atom. The molecule has 3 fully saturated rings. The van der Waals surface area contributed by atoms with Crippen LogP contribution in [0.3, 0.4) is 0 Å². The van der Waals surface area contributed by atoms with Gasteiger partial charge in [-0.3, -0.25) is 0 Å². The van der Waals surface area contributed by atoms with Crippen LogP contribution < -0.4 is 20.5 Å². The van der Waals surface area contributed by atoms with Crippen LogP contribution in [0.5, 0.6) is 11.5 Å². The monoisotopic (exact) mass is 888 g/mol. The fourth-order valence-corrected chi connectivity index (χ4v) is 8.59. The van der Waals surface area contributed by atoms with Gasteiger partial charge in [0.1, 0.15) is 29.2 Å². The summed E-state index contributed by atoms with van der Waals surface area (Å²) in [6, 6.07) is 14.4. The van der Waals surface area contributed by atoms with Crippen molar-refractivity contribution in [3.63, 3.8) is 0 Å². The Kier molecular flexibility index (Phi) is 13.1. The first-order chi connectivity index (χ1) is 28.7. The number of carbonyl (C=O) groups excluding carboxylic acids is 1. The van der Waals surface area contributed by atoms with Crippen LogP contribution in [0.15, 0.2) is 60.7 Å². The molecule has 0 spiro atoms. The molecule has 4 aromatic rings. The molecule has 2 saturated carbocycles. The number of nitrogens with one attached hydrogen (secondary N) is 1. The molecule has 7 nitrogen and oxygen atoms in total. The van der Waals surface area contributed by atoms with Crippen LogP contribution in [0.1, 0.15) is 101 Å². The first-order valence-electron chi connectivity index (χ1n) is 20.4. The number of fused-ring (bicyclic) bond motifs is 2. The van der Waals surface area contributed by atoms with Gasteiger partial charge in [-0.15, -0.1) is 0 Å². The van der Waals surface area contributed by atoms with Gasteiger partial charge in [-0.05, 0) is 136 Å². The number of cyclic esters (lactones) is 1. The number of halogens is 10. The molecular formula is C45H50F10N2O5. The molecule has 0 aromatic heterocycles. The summed E-state index contributed by atoms with van der Waals surface area (Å²) in [4.78, 5) is 11.4. The largest absolute Gasteiger partial charge is 0.490 e. The summed E-state index contributed by atoms with van der Waals surface area (Å²) in [5.74, 6) is -7.74. The molecule has 3 aliphatic rings. The first-order valence-corrected chi connectivity index (χ1v) is 20.4. The van der Waals surface area contributed by atoms with E-state index in [-0.39, 0.29) is 86.9 Å². The Morgan fingerprint density at radius 1 is 0.677 bits per heavy atom. The van der Waals surface area contributed by atoms with Crippen molar-refractivity contribution in [2.75, 3.05) is 13.2 Å². The number of rotatable bonds is 9. The van der Waals surface area contributed by atoms with Crippen molar-refractivity contribution in [1.82, 2.24) is 5.32 Å². The van der Waals surface area contributed by atoms with Gasteiger partial charge in [0.2, 0.25) is 11.8 Å². The Hall–Kier alpha value is -4.51. The van der Waals surface area contributed by atoms with Gasteiger partial charge in [-0.25, -0.2) is 22.4 Å². The molecule has 0 unspecified atom stereocenters. The Morgan fingerprint density at radius 3 is 1.50 bits per heavy atom. The fourth-order valence-electron chi connectivity index (χ4n) is 8.59. The van der Waals surface area contributed by atoms with Gasteiger partial charge in [-0.2, -0.15) is 26.3 Å². The zero-order valence-corrected chi connectivity index (χ0v) is 34.6. The minimum atomic E-state index is -4.67. The van der Waals surface area contributed by atoms with Crippen LogP contribution in [0.4, 0.5) is 48.7 Å². The van der Waals surface area contributed by atoms with Gasteiger partial charge in [0.25, 0.3) is 0 Å². The number of alkyl halides is 10. The van der Waals surface area contributed by atoms with E-state index < -0.39 is 76.5 Å². The van der Waals surface area contributed by atoms with E-state index in [4.69, 9.17) is 19.9 Å². The molecule has 7 rings (SSSR count). The minimum Gasteiger partial charge on any atom is -0.490 e. The lowest BCUT2D eigenvalue weighted by molar-refractivity contribution is -0.139. The van der Waals surface area contributed by atoms with Gasteiger partial charge >= 0.3 is 18.4 Å². The summed E-state index contributed by atoms with van der Waals surface area (Å²) in [6.07, 6.45) is -9.04. The Bertz CT molecular complexity index is 2240. The van der Waals surface area contributed by atoms with E-state index in [9.17, 15) is 53.8 Å². The van der Waals surface area contributed by atoms with Gasteiger partial charge in [0.05, 0.1) is 29.9 Å². The topological polar surface area (TPSA) is 103 Å². The highest BCUT2D eigenvalue weighted by molar-refractivity contribution is 5.90. The standard InChI is InChI=1S/C23H24F5NO3.C22H26F5NO2/c1-21(12-31-20(30)29-21)15-6-9-17-13(11-15)3-10-18(19(17)23(26,27)28)32-16-7-4-14(5-8-16)22(2,24)25;1-20(28,12-29)15-6-9-17-13(11-15)3-10-18(19(17)22(25,26)27)30-16-7-4-14(5-8-16)21(2,23)24/h3,6,9-11,14,16H,4-5,7-8,12H2,1-2H3,(H,29,30);3,6,9-11,14,16,29H,4-5,7-8,12,28H2,1-2H3/t14-,16-,21-;14-,16-,20-/m00/s1. The average molecular weight is 889 g/mol. The van der Waals surface area contributed by atoms with E-state index in [0.29, 0.717) is 21.9 Å². The van der Waals surface area contributed by atoms with Crippen molar-refractivity contribution in [3.8, 4) is 11.5 Å². The fraction of sp³-hybridized carbons (Fsp3) is 0.533. The quantitative estimate of drug-likeness (QED) is 0.145. The molecule has 4 N–H and O–H groups in total. The molecule has 0 radical (unpaired) electrons. The van der Waals surface area contributed by atoms with E-state index in [2.05, 4.69) is 5.32 Å². The lowest BCUT2D eigenvalue weighted by Crippen LogP contribution is -2.37. The maximum atomic E-state index is 14.0.